The summed E-state index contributed by atoms with van der Waals surface area (Å²) in [6.07, 6.45) is 2.41. The molecular formula is C13H9BrClIN2. The van der Waals surface area contributed by atoms with Crippen molar-refractivity contribution in [3.05, 3.63) is 43.2 Å². The van der Waals surface area contributed by atoms with Crippen molar-refractivity contribution < 1.29 is 0 Å². The number of hydrogen-bond acceptors (Lipinski definition) is 2. The first kappa shape index (κ1) is 12.8. The van der Waals surface area contributed by atoms with Gasteiger partial charge in [0.25, 0.3) is 0 Å². The summed E-state index contributed by atoms with van der Waals surface area (Å²) in [5.41, 5.74) is 2.08. The minimum atomic E-state index is 0.554. The van der Waals surface area contributed by atoms with Crippen LogP contribution in [0.15, 0.2) is 28.7 Å². The van der Waals surface area contributed by atoms with E-state index in [4.69, 9.17) is 16.6 Å². The first-order valence-corrected chi connectivity index (χ1v) is 7.89. The van der Waals surface area contributed by atoms with E-state index in [9.17, 15) is 0 Å². The smallest absolute Gasteiger partial charge is 0.162 e. The van der Waals surface area contributed by atoms with Crippen LogP contribution in [0.3, 0.4) is 0 Å². The summed E-state index contributed by atoms with van der Waals surface area (Å²) < 4.78 is 1.98. The van der Waals surface area contributed by atoms with Gasteiger partial charge in [-0.25, -0.2) is 9.97 Å². The molecular weight excluding hydrogens is 426 g/mol. The molecule has 5 heteroatoms. The molecule has 2 aromatic rings. The van der Waals surface area contributed by atoms with Gasteiger partial charge >= 0.3 is 0 Å². The lowest BCUT2D eigenvalue weighted by atomic mass is 10.2. The van der Waals surface area contributed by atoms with Crippen LogP contribution in [0.1, 0.15) is 24.5 Å². The van der Waals surface area contributed by atoms with E-state index in [1.54, 1.807) is 0 Å². The van der Waals surface area contributed by atoms with E-state index in [0.717, 1.165) is 19.3 Å². The Balaban J connectivity index is 2.16. The number of benzene rings is 1. The molecule has 0 amide bonds. The summed E-state index contributed by atoms with van der Waals surface area (Å²) in [5.74, 6) is 1.27. The molecule has 1 saturated carbocycles. The zero-order valence-corrected chi connectivity index (χ0v) is 13.8. The molecule has 3 rings (SSSR count). The zero-order chi connectivity index (χ0) is 12.7. The van der Waals surface area contributed by atoms with Crippen molar-refractivity contribution in [3.8, 4) is 11.4 Å². The Labute approximate surface area is 132 Å². The minimum absolute atomic E-state index is 0.554. The highest BCUT2D eigenvalue weighted by Gasteiger charge is 2.29. The number of hydrogen-bond donors (Lipinski definition) is 0. The molecule has 0 saturated heterocycles. The highest BCUT2D eigenvalue weighted by molar-refractivity contribution is 14.1. The Morgan fingerprint density at radius 3 is 2.61 bits per heavy atom. The predicted octanol–water partition coefficient (Wildman–Crippen LogP) is 5.04. The molecule has 1 aromatic carbocycles. The molecule has 0 aliphatic heterocycles. The van der Waals surface area contributed by atoms with E-state index in [1.807, 2.05) is 24.3 Å². The van der Waals surface area contributed by atoms with Crippen molar-refractivity contribution in [2.24, 2.45) is 0 Å². The second-order valence-corrected chi connectivity index (χ2v) is 6.58. The molecule has 0 spiro atoms. The largest absolute Gasteiger partial charge is 0.232 e. The van der Waals surface area contributed by atoms with Crippen molar-refractivity contribution in [1.82, 2.24) is 9.97 Å². The van der Waals surface area contributed by atoms with Gasteiger partial charge in [-0.2, -0.15) is 0 Å². The van der Waals surface area contributed by atoms with Gasteiger partial charge in [0, 0.05) is 16.0 Å². The summed E-state index contributed by atoms with van der Waals surface area (Å²) >= 11 is 12.0. The molecule has 2 nitrogen and oxygen atoms in total. The highest BCUT2D eigenvalue weighted by Crippen LogP contribution is 2.43. The molecule has 18 heavy (non-hydrogen) atoms. The maximum Gasteiger partial charge on any atom is 0.162 e. The van der Waals surface area contributed by atoms with E-state index in [2.05, 4.69) is 43.5 Å². The second-order valence-electron chi connectivity index (χ2n) is 4.29. The Hall–Kier alpha value is -0.200. The normalized spacial score (nSPS) is 14.8. The van der Waals surface area contributed by atoms with E-state index in [-0.39, 0.29) is 0 Å². The number of halogens is 3. The quantitative estimate of drug-likeness (QED) is 0.488. The fraction of sp³-hybridized carbons (Fsp3) is 0.231. The molecule has 0 bridgehead atoms. The van der Waals surface area contributed by atoms with E-state index in [1.165, 1.54) is 12.8 Å². The van der Waals surface area contributed by atoms with Crippen LogP contribution in [0, 0.1) is 3.57 Å². The van der Waals surface area contributed by atoms with Gasteiger partial charge in [-0.3, -0.25) is 0 Å². The average molecular weight is 435 g/mol. The number of aromatic nitrogens is 2. The lowest BCUT2D eigenvalue weighted by molar-refractivity contribution is 0.977. The fourth-order valence-corrected chi connectivity index (χ4v) is 3.15. The first-order chi connectivity index (χ1) is 8.66. The SMILES string of the molecule is Clc1nc(-c2ccccc2Br)nc(C2CC2)c1I. The van der Waals surface area contributed by atoms with Gasteiger partial charge in [-0.1, -0.05) is 45.7 Å². The standard InChI is InChI=1S/C13H9BrClIN2/c14-9-4-2-1-3-8(9)13-17-11(7-5-6-7)10(16)12(15)18-13/h1-4,7H,5-6H2. The maximum absolute atomic E-state index is 6.22. The van der Waals surface area contributed by atoms with Crippen LogP contribution in [-0.4, -0.2) is 9.97 Å². The molecule has 1 aliphatic carbocycles. The average Bonchev–Trinajstić information content (AvgIpc) is 3.17. The monoisotopic (exact) mass is 434 g/mol. The summed E-state index contributed by atoms with van der Waals surface area (Å²) in [5, 5.41) is 0.554. The van der Waals surface area contributed by atoms with Gasteiger partial charge in [0.05, 0.1) is 9.26 Å². The van der Waals surface area contributed by atoms with Crippen molar-refractivity contribution in [1.29, 1.82) is 0 Å². The number of rotatable bonds is 2. The van der Waals surface area contributed by atoms with Gasteiger partial charge in [0.1, 0.15) is 5.15 Å². The maximum atomic E-state index is 6.22. The van der Waals surface area contributed by atoms with Gasteiger partial charge in [-0.05, 0) is 41.5 Å². The Morgan fingerprint density at radius 2 is 1.94 bits per heavy atom. The Kier molecular flexibility index (Phi) is 3.60. The van der Waals surface area contributed by atoms with E-state index < -0.39 is 0 Å². The molecule has 1 fully saturated rings. The van der Waals surface area contributed by atoms with Gasteiger partial charge in [0.15, 0.2) is 5.82 Å². The van der Waals surface area contributed by atoms with Crippen LogP contribution in [-0.2, 0) is 0 Å². The Bertz CT molecular complexity index is 614. The van der Waals surface area contributed by atoms with Crippen molar-refractivity contribution in [3.63, 3.8) is 0 Å². The third-order valence-electron chi connectivity index (χ3n) is 2.92. The van der Waals surface area contributed by atoms with Crippen molar-refractivity contribution in [2.45, 2.75) is 18.8 Å². The summed E-state index contributed by atoms with van der Waals surface area (Å²) in [4.78, 5) is 9.08. The first-order valence-electron chi connectivity index (χ1n) is 5.64. The molecule has 1 aliphatic rings. The third-order valence-corrected chi connectivity index (χ3v) is 5.26. The molecule has 0 radical (unpaired) electrons. The fourth-order valence-electron chi connectivity index (χ4n) is 1.83. The molecule has 0 unspecified atom stereocenters. The topological polar surface area (TPSA) is 25.8 Å². The van der Waals surface area contributed by atoms with Gasteiger partial charge in [0.2, 0.25) is 0 Å². The molecule has 0 atom stereocenters. The van der Waals surface area contributed by atoms with Crippen LogP contribution < -0.4 is 0 Å². The third kappa shape index (κ3) is 2.42. The van der Waals surface area contributed by atoms with Crippen LogP contribution in [0.25, 0.3) is 11.4 Å². The zero-order valence-electron chi connectivity index (χ0n) is 9.33. The predicted molar refractivity (Wildman–Crippen MR) is 84.9 cm³/mol. The summed E-state index contributed by atoms with van der Waals surface area (Å²) in [7, 11) is 0. The van der Waals surface area contributed by atoms with Crippen molar-refractivity contribution >= 4 is 50.1 Å². The molecule has 0 N–H and O–H groups in total. The van der Waals surface area contributed by atoms with Crippen molar-refractivity contribution in [2.75, 3.05) is 0 Å². The minimum Gasteiger partial charge on any atom is -0.232 e. The van der Waals surface area contributed by atoms with Gasteiger partial charge < -0.3 is 0 Å². The van der Waals surface area contributed by atoms with Gasteiger partial charge in [-0.15, -0.1) is 0 Å². The lowest BCUT2D eigenvalue weighted by Crippen LogP contribution is -1.99. The van der Waals surface area contributed by atoms with E-state index >= 15 is 0 Å². The highest BCUT2D eigenvalue weighted by atomic mass is 127. The molecule has 1 aromatic heterocycles. The van der Waals surface area contributed by atoms with E-state index in [0.29, 0.717) is 16.9 Å². The number of nitrogens with zero attached hydrogens (tertiary/aromatic N) is 2. The second kappa shape index (κ2) is 5.06. The Morgan fingerprint density at radius 1 is 1.22 bits per heavy atom. The van der Waals surface area contributed by atoms with Crippen LogP contribution >= 0.6 is 50.1 Å². The molecule has 92 valence electrons. The summed E-state index contributed by atoms with van der Waals surface area (Å²) in [6, 6.07) is 7.94. The van der Waals surface area contributed by atoms with Crippen LogP contribution in [0.5, 0.6) is 0 Å². The van der Waals surface area contributed by atoms with Crippen LogP contribution in [0.2, 0.25) is 5.15 Å². The molecule has 1 heterocycles. The van der Waals surface area contributed by atoms with Crippen LogP contribution in [0.4, 0.5) is 0 Å². The lowest BCUT2D eigenvalue weighted by Gasteiger charge is -2.08. The summed E-state index contributed by atoms with van der Waals surface area (Å²) in [6.45, 7) is 0.